The number of carbonyl (C=O) groups is 1. The summed E-state index contributed by atoms with van der Waals surface area (Å²) in [5.41, 5.74) is 1.81. The van der Waals surface area contributed by atoms with E-state index in [1.54, 1.807) is 10.9 Å². The van der Waals surface area contributed by atoms with Gasteiger partial charge < -0.3 is 5.32 Å². The lowest BCUT2D eigenvalue weighted by Crippen LogP contribution is -2.18. The van der Waals surface area contributed by atoms with Crippen molar-refractivity contribution in [1.29, 1.82) is 0 Å². The zero-order chi connectivity index (χ0) is 17.3. The Hall–Kier alpha value is -2.34. The van der Waals surface area contributed by atoms with Gasteiger partial charge in [0.1, 0.15) is 5.82 Å². The van der Waals surface area contributed by atoms with Gasteiger partial charge in [-0.3, -0.25) is 9.48 Å². The summed E-state index contributed by atoms with van der Waals surface area (Å²) in [5.74, 6) is 0.656. The van der Waals surface area contributed by atoms with Crippen LogP contribution in [0, 0.1) is 6.92 Å². The van der Waals surface area contributed by atoms with Gasteiger partial charge in [-0.05, 0) is 32.9 Å². The van der Waals surface area contributed by atoms with Crippen LogP contribution >= 0.6 is 11.6 Å². The second-order valence-electron chi connectivity index (χ2n) is 6.05. The molecule has 0 fully saturated rings. The van der Waals surface area contributed by atoms with Gasteiger partial charge in [-0.15, -0.1) is 0 Å². The van der Waals surface area contributed by atoms with E-state index >= 15 is 0 Å². The Morgan fingerprint density at radius 3 is 2.92 bits per heavy atom. The molecule has 0 aliphatic carbocycles. The molecule has 0 radical (unpaired) electrons. The SMILES string of the molecule is Cc1cc(NC(=O)CCn2ncc3c(Cl)cccc32)n(C(C)C)n1. The first-order chi connectivity index (χ1) is 11.5. The predicted octanol–water partition coefficient (Wildman–Crippen LogP) is 3.80. The number of halogens is 1. The number of aryl methyl sites for hydroxylation is 2. The maximum absolute atomic E-state index is 12.3. The van der Waals surface area contributed by atoms with Crippen molar-refractivity contribution in [2.75, 3.05) is 5.32 Å². The van der Waals surface area contributed by atoms with E-state index < -0.39 is 0 Å². The van der Waals surface area contributed by atoms with Crippen LogP contribution < -0.4 is 5.32 Å². The van der Waals surface area contributed by atoms with Crippen molar-refractivity contribution in [2.24, 2.45) is 0 Å². The van der Waals surface area contributed by atoms with Crippen LogP contribution in [0.2, 0.25) is 5.02 Å². The van der Waals surface area contributed by atoms with Gasteiger partial charge in [0.2, 0.25) is 5.91 Å². The first-order valence-electron chi connectivity index (χ1n) is 7.91. The molecule has 1 N–H and O–H groups in total. The summed E-state index contributed by atoms with van der Waals surface area (Å²) in [6.45, 7) is 6.46. The smallest absolute Gasteiger partial charge is 0.227 e. The van der Waals surface area contributed by atoms with Crippen LogP contribution in [0.4, 0.5) is 5.82 Å². The first-order valence-corrected chi connectivity index (χ1v) is 8.29. The Morgan fingerprint density at radius 2 is 2.17 bits per heavy atom. The molecule has 24 heavy (non-hydrogen) atoms. The molecule has 0 atom stereocenters. The molecule has 3 aromatic rings. The molecule has 0 aliphatic heterocycles. The van der Waals surface area contributed by atoms with E-state index in [1.807, 2.05) is 49.7 Å². The topological polar surface area (TPSA) is 64.7 Å². The fourth-order valence-electron chi connectivity index (χ4n) is 2.66. The molecule has 6 nitrogen and oxygen atoms in total. The van der Waals surface area contributed by atoms with Gasteiger partial charge in [-0.2, -0.15) is 10.2 Å². The van der Waals surface area contributed by atoms with Crippen LogP contribution in [-0.4, -0.2) is 25.5 Å². The third-order valence-electron chi connectivity index (χ3n) is 3.80. The summed E-state index contributed by atoms with van der Waals surface area (Å²) in [6.07, 6.45) is 2.05. The number of anilines is 1. The second kappa shape index (κ2) is 6.65. The molecule has 126 valence electrons. The molecule has 2 heterocycles. The normalized spacial score (nSPS) is 11.4. The highest BCUT2D eigenvalue weighted by Gasteiger charge is 2.12. The van der Waals surface area contributed by atoms with Crippen LogP contribution in [0.5, 0.6) is 0 Å². The minimum Gasteiger partial charge on any atom is -0.311 e. The minimum absolute atomic E-state index is 0.0671. The highest BCUT2D eigenvalue weighted by Crippen LogP contribution is 2.23. The van der Waals surface area contributed by atoms with Crippen LogP contribution in [-0.2, 0) is 11.3 Å². The Labute approximate surface area is 145 Å². The largest absolute Gasteiger partial charge is 0.311 e. The van der Waals surface area contributed by atoms with Crippen LogP contribution in [0.3, 0.4) is 0 Å². The van der Waals surface area contributed by atoms with Crippen LogP contribution in [0.1, 0.15) is 32.0 Å². The summed E-state index contributed by atoms with van der Waals surface area (Å²) >= 11 is 6.15. The molecule has 0 bridgehead atoms. The molecule has 2 aromatic heterocycles. The second-order valence-corrected chi connectivity index (χ2v) is 6.46. The molecule has 0 spiro atoms. The zero-order valence-corrected chi connectivity index (χ0v) is 14.7. The highest BCUT2D eigenvalue weighted by molar-refractivity contribution is 6.35. The van der Waals surface area contributed by atoms with Crippen molar-refractivity contribution in [3.05, 3.63) is 41.2 Å². The monoisotopic (exact) mass is 345 g/mol. The number of carbonyl (C=O) groups excluding carboxylic acids is 1. The molecule has 7 heteroatoms. The Bertz CT molecular complexity index is 880. The van der Waals surface area contributed by atoms with E-state index in [4.69, 9.17) is 11.6 Å². The van der Waals surface area contributed by atoms with E-state index in [9.17, 15) is 4.79 Å². The summed E-state index contributed by atoms with van der Waals surface area (Å²) in [4.78, 5) is 12.3. The lowest BCUT2D eigenvalue weighted by Gasteiger charge is -2.12. The van der Waals surface area contributed by atoms with Crippen LogP contribution in [0.15, 0.2) is 30.5 Å². The van der Waals surface area contributed by atoms with Crippen molar-refractivity contribution < 1.29 is 4.79 Å². The van der Waals surface area contributed by atoms with Crippen LogP contribution in [0.25, 0.3) is 10.9 Å². The van der Waals surface area contributed by atoms with Gasteiger partial charge in [-0.1, -0.05) is 17.7 Å². The van der Waals surface area contributed by atoms with E-state index in [-0.39, 0.29) is 11.9 Å². The molecular weight excluding hydrogens is 326 g/mol. The maximum atomic E-state index is 12.3. The van der Waals surface area contributed by atoms with Crippen molar-refractivity contribution >= 4 is 34.2 Å². The fourth-order valence-corrected chi connectivity index (χ4v) is 2.88. The first kappa shape index (κ1) is 16.5. The predicted molar refractivity (Wildman–Crippen MR) is 95.3 cm³/mol. The highest BCUT2D eigenvalue weighted by atomic mass is 35.5. The molecule has 0 saturated carbocycles. The number of amides is 1. The lowest BCUT2D eigenvalue weighted by molar-refractivity contribution is -0.116. The summed E-state index contributed by atoms with van der Waals surface area (Å²) in [5, 5.41) is 13.2. The number of hydrogen-bond acceptors (Lipinski definition) is 3. The molecule has 0 unspecified atom stereocenters. The number of nitrogens with zero attached hydrogens (tertiary/aromatic N) is 4. The van der Waals surface area contributed by atoms with Gasteiger partial charge in [-0.25, -0.2) is 4.68 Å². The number of fused-ring (bicyclic) bond motifs is 1. The van der Waals surface area contributed by atoms with Gasteiger partial charge >= 0.3 is 0 Å². The lowest BCUT2D eigenvalue weighted by atomic mass is 10.2. The summed E-state index contributed by atoms with van der Waals surface area (Å²) in [6, 6.07) is 7.72. The fraction of sp³-hybridized carbons (Fsp3) is 0.353. The van der Waals surface area contributed by atoms with Gasteiger partial charge in [0.15, 0.2) is 0 Å². The number of rotatable bonds is 5. The summed E-state index contributed by atoms with van der Waals surface area (Å²) < 4.78 is 3.61. The third-order valence-corrected chi connectivity index (χ3v) is 4.13. The van der Waals surface area contributed by atoms with Gasteiger partial charge in [0.25, 0.3) is 0 Å². The zero-order valence-electron chi connectivity index (χ0n) is 14.0. The average Bonchev–Trinajstić information content (AvgIpc) is 3.10. The van der Waals surface area contributed by atoms with E-state index in [0.717, 1.165) is 22.4 Å². The number of benzene rings is 1. The molecular formula is C17H20ClN5O. The number of aromatic nitrogens is 4. The van der Waals surface area contributed by atoms with E-state index in [2.05, 4.69) is 15.5 Å². The molecule has 1 amide bonds. The molecule has 0 aliphatic rings. The summed E-state index contributed by atoms with van der Waals surface area (Å²) in [7, 11) is 0. The van der Waals surface area contributed by atoms with Crippen molar-refractivity contribution in [3.63, 3.8) is 0 Å². The van der Waals surface area contributed by atoms with Crippen molar-refractivity contribution in [3.8, 4) is 0 Å². The number of hydrogen-bond donors (Lipinski definition) is 1. The van der Waals surface area contributed by atoms with E-state index in [1.165, 1.54) is 0 Å². The van der Waals surface area contributed by atoms with Crippen molar-refractivity contribution in [2.45, 2.75) is 39.8 Å². The van der Waals surface area contributed by atoms with Gasteiger partial charge in [0.05, 0.1) is 29.0 Å². The molecule has 1 aromatic carbocycles. The van der Waals surface area contributed by atoms with Crippen molar-refractivity contribution in [1.82, 2.24) is 19.6 Å². The quantitative estimate of drug-likeness (QED) is 0.764. The molecule has 0 saturated heterocycles. The standard InChI is InChI=1S/C17H20ClN5O/c1-11(2)23-16(9-12(3)21-23)20-17(24)7-8-22-15-6-4-5-14(18)13(15)10-19-22/h4-6,9-11H,7-8H2,1-3H3,(H,20,24). The Balaban J connectivity index is 1.68. The average molecular weight is 346 g/mol. The molecule has 3 rings (SSSR count). The van der Waals surface area contributed by atoms with E-state index in [0.29, 0.717) is 18.0 Å². The Kier molecular flexibility index (Phi) is 4.57. The minimum atomic E-state index is -0.0671. The maximum Gasteiger partial charge on any atom is 0.227 e. The third kappa shape index (κ3) is 3.28. The van der Waals surface area contributed by atoms with Gasteiger partial charge in [0, 0.05) is 23.9 Å². The number of nitrogens with one attached hydrogen (secondary N) is 1. The Morgan fingerprint density at radius 1 is 1.38 bits per heavy atom.